The summed E-state index contributed by atoms with van der Waals surface area (Å²) in [6.07, 6.45) is 0. The molecule has 0 saturated heterocycles. The standard InChI is InChI=1S/C17H22N6O2S/c1-4-18-15-21-16(19-5-2)23-17(22-15)26-13(11(3)24)14(25)20-12-9-7-6-8-10-12/h6-10,13H,4-5H2,1-3H3,(H,20,25)(H2,18,19,21,22,23)/t13-/m0/s1. The third kappa shape index (κ3) is 5.69. The minimum Gasteiger partial charge on any atom is -0.354 e. The minimum absolute atomic E-state index is 0.279. The van der Waals surface area contributed by atoms with Crippen molar-refractivity contribution in [2.45, 2.75) is 31.2 Å². The first-order valence-corrected chi connectivity index (χ1v) is 9.18. The number of nitrogens with zero attached hydrogens (tertiary/aromatic N) is 3. The molecule has 1 atom stereocenters. The van der Waals surface area contributed by atoms with Gasteiger partial charge in [0, 0.05) is 18.8 Å². The zero-order chi connectivity index (χ0) is 18.9. The molecule has 1 amide bonds. The van der Waals surface area contributed by atoms with Gasteiger partial charge in [-0.3, -0.25) is 9.59 Å². The van der Waals surface area contributed by atoms with E-state index in [9.17, 15) is 9.59 Å². The van der Waals surface area contributed by atoms with Crippen molar-refractivity contribution >= 4 is 41.0 Å². The van der Waals surface area contributed by atoms with Gasteiger partial charge in [0.2, 0.25) is 17.8 Å². The van der Waals surface area contributed by atoms with Gasteiger partial charge in [0.15, 0.2) is 10.9 Å². The number of anilines is 3. The lowest BCUT2D eigenvalue weighted by molar-refractivity contribution is -0.123. The molecule has 0 aliphatic heterocycles. The number of amides is 1. The first-order valence-electron chi connectivity index (χ1n) is 8.30. The number of benzene rings is 1. The molecule has 1 heterocycles. The molecule has 2 rings (SSSR count). The molecule has 8 nitrogen and oxygen atoms in total. The van der Waals surface area contributed by atoms with Crippen LogP contribution in [-0.4, -0.2) is 45.0 Å². The number of carbonyl (C=O) groups excluding carboxylic acids is 2. The van der Waals surface area contributed by atoms with Crippen molar-refractivity contribution < 1.29 is 9.59 Å². The number of hydrogen-bond donors (Lipinski definition) is 3. The number of rotatable bonds is 9. The average Bonchev–Trinajstić information content (AvgIpc) is 2.60. The van der Waals surface area contributed by atoms with E-state index in [1.807, 2.05) is 32.0 Å². The van der Waals surface area contributed by atoms with Crippen LogP contribution < -0.4 is 16.0 Å². The van der Waals surface area contributed by atoms with Crippen LogP contribution in [0.5, 0.6) is 0 Å². The first-order chi connectivity index (χ1) is 12.5. The average molecular weight is 374 g/mol. The Morgan fingerprint density at radius 2 is 1.58 bits per heavy atom. The minimum atomic E-state index is -0.957. The van der Waals surface area contributed by atoms with Crippen LogP contribution in [0.15, 0.2) is 35.5 Å². The van der Waals surface area contributed by atoms with Gasteiger partial charge in [-0.2, -0.15) is 15.0 Å². The molecule has 0 saturated carbocycles. The molecule has 0 unspecified atom stereocenters. The highest BCUT2D eigenvalue weighted by Gasteiger charge is 2.26. The topological polar surface area (TPSA) is 109 Å². The SMILES string of the molecule is CCNc1nc(NCC)nc(S[C@@H](C(C)=O)C(=O)Nc2ccccc2)n1. The Kier molecular flexibility index (Phi) is 7.34. The fourth-order valence-corrected chi connectivity index (χ4v) is 2.86. The second kappa shape index (κ2) is 9.71. The lowest BCUT2D eigenvalue weighted by Crippen LogP contribution is -2.31. The second-order valence-corrected chi connectivity index (χ2v) is 6.36. The zero-order valence-electron chi connectivity index (χ0n) is 14.9. The van der Waals surface area contributed by atoms with E-state index in [0.717, 1.165) is 11.8 Å². The Hall–Kier alpha value is -2.68. The van der Waals surface area contributed by atoms with Crippen LogP contribution in [0, 0.1) is 0 Å². The predicted octanol–water partition coefficient (Wildman–Crippen LogP) is 2.42. The van der Waals surface area contributed by atoms with E-state index in [1.54, 1.807) is 12.1 Å². The van der Waals surface area contributed by atoms with Gasteiger partial charge in [0.1, 0.15) is 5.25 Å². The van der Waals surface area contributed by atoms with Gasteiger partial charge in [-0.15, -0.1) is 0 Å². The summed E-state index contributed by atoms with van der Waals surface area (Å²) in [6.45, 7) is 6.51. The second-order valence-electron chi connectivity index (χ2n) is 5.29. The van der Waals surface area contributed by atoms with Gasteiger partial charge < -0.3 is 16.0 Å². The molecule has 2 aromatic rings. The van der Waals surface area contributed by atoms with Crippen LogP contribution in [0.2, 0.25) is 0 Å². The third-order valence-electron chi connectivity index (χ3n) is 3.16. The van der Waals surface area contributed by atoms with Crippen LogP contribution in [0.25, 0.3) is 0 Å². The maximum Gasteiger partial charge on any atom is 0.245 e. The number of para-hydroxylation sites is 1. The zero-order valence-corrected chi connectivity index (χ0v) is 15.8. The van der Waals surface area contributed by atoms with Gasteiger partial charge in [0.05, 0.1) is 0 Å². The third-order valence-corrected chi connectivity index (χ3v) is 4.33. The van der Waals surface area contributed by atoms with Crippen molar-refractivity contribution in [3.8, 4) is 0 Å². The highest BCUT2D eigenvalue weighted by Crippen LogP contribution is 2.24. The number of ketones is 1. The van der Waals surface area contributed by atoms with Crippen LogP contribution in [0.3, 0.4) is 0 Å². The number of carbonyl (C=O) groups is 2. The van der Waals surface area contributed by atoms with Crippen molar-refractivity contribution in [3.05, 3.63) is 30.3 Å². The molecule has 0 bridgehead atoms. The van der Waals surface area contributed by atoms with E-state index < -0.39 is 11.2 Å². The summed E-state index contributed by atoms with van der Waals surface area (Å²) in [5.74, 6) is 0.0985. The van der Waals surface area contributed by atoms with Gasteiger partial charge in [-0.1, -0.05) is 30.0 Å². The quantitative estimate of drug-likeness (QED) is 0.453. The van der Waals surface area contributed by atoms with Gasteiger partial charge in [-0.25, -0.2) is 0 Å². The summed E-state index contributed by atoms with van der Waals surface area (Å²) in [5.41, 5.74) is 0.627. The fourth-order valence-electron chi connectivity index (χ4n) is 2.04. The maximum atomic E-state index is 12.5. The lowest BCUT2D eigenvalue weighted by Gasteiger charge is -2.14. The number of hydrogen-bond acceptors (Lipinski definition) is 8. The molecular weight excluding hydrogens is 352 g/mol. The summed E-state index contributed by atoms with van der Waals surface area (Å²) in [4.78, 5) is 37.3. The van der Waals surface area contributed by atoms with Gasteiger partial charge in [0.25, 0.3) is 0 Å². The Bertz CT molecular complexity index is 732. The van der Waals surface area contributed by atoms with E-state index in [1.165, 1.54) is 6.92 Å². The highest BCUT2D eigenvalue weighted by molar-refractivity contribution is 8.01. The Morgan fingerprint density at radius 1 is 1.00 bits per heavy atom. The van der Waals surface area contributed by atoms with E-state index in [2.05, 4.69) is 30.9 Å². The van der Waals surface area contributed by atoms with Crippen molar-refractivity contribution in [1.29, 1.82) is 0 Å². The molecule has 0 fully saturated rings. The van der Waals surface area contributed by atoms with E-state index in [-0.39, 0.29) is 5.78 Å². The van der Waals surface area contributed by atoms with Crippen LogP contribution in [-0.2, 0) is 9.59 Å². The van der Waals surface area contributed by atoms with E-state index in [4.69, 9.17) is 0 Å². The number of Topliss-reactive ketones (excluding diaryl/α,β-unsaturated/α-hetero) is 1. The molecule has 0 aliphatic rings. The van der Waals surface area contributed by atoms with Crippen LogP contribution in [0.4, 0.5) is 17.6 Å². The molecule has 138 valence electrons. The molecular formula is C17H22N6O2S. The van der Waals surface area contributed by atoms with Gasteiger partial charge >= 0.3 is 0 Å². The molecule has 9 heteroatoms. The normalized spacial score (nSPS) is 11.5. The maximum absolute atomic E-state index is 12.5. The highest BCUT2D eigenvalue weighted by atomic mass is 32.2. The lowest BCUT2D eigenvalue weighted by atomic mass is 10.2. The summed E-state index contributed by atoms with van der Waals surface area (Å²) >= 11 is 1.00. The Labute approximate surface area is 156 Å². The van der Waals surface area contributed by atoms with Crippen molar-refractivity contribution in [1.82, 2.24) is 15.0 Å². The molecule has 0 aliphatic carbocycles. The van der Waals surface area contributed by atoms with E-state index in [0.29, 0.717) is 35.8 Å². The fraction of sp³-hybridized carbons (Fsp3) is 0.353. The monoisotopic (exact) mass is 374 g/mol. The number of nitrogens with one attached hydrogen (secondary N) is 3. The molecule has 1 aromatic heterocycles. The number of thioether (sulfide) groups is 1. The van der Waals surface area contributed by atoms with E-state index >= 15 is 0 Å². The molecule has 0 radical (unpaired) electrons. The summed E-state index contributed by atoms with van der Waals surface area (Å²) in [6, 6.07) is 8.98. The molecule has 26 heavy (non-hydrogen) atoms. The summed E-state index contributed by atoms with van der Waals surface area (Å²) in [7, 11) is 0. The molecule has 0 spiro atoms. The van der Waals surface area contributed by atoms with Crippen molar-refractivity contribution in [2.75, 3.05) is 29.0 Å². The first kappa shape index (κ1) is 19.6. The predicted molar refractivity (Wildman–Crippen MR) is 104 cm³/mol. The number of aromatic nitrogens is 3. The summed E-state index contributed by atoms with van der Waals surface area (Å²) < 4.78 is 0. The van der Waals surface area contributed by atoms with Crippen molar-refractivity contribution in [3.63, 3.8) is 0 Å². The van der Waals surface area contributed by atoms with Gasteiger partial charge in [-0.05, 0) is 32.9 Å². The largest absolute Gasteiger partial charge is 0.354 e. The summed E-state index contributed by atoms with van der Waals surface area (Å²) in [5, 5.41) is 8.12. The smallest absolute Gasteiger partial charge is 0.245 e. The molecule has 1 aromatic carbocycles. The van der Waals surface area contributed by atoms with Crippen LogP contribution >= 0.6 is 11.8 Å². The Balaban J connectivity index is 2.20. The Morgan fingerprint density at radius 3 is 2.08 bits per heavy atom. The van der Waals surface area contributed by atoms with Crippen LogP contribution in [0.1, 0.15) is 20.8 Å². The van der Waals surface area contributed by atoms with Crippen molar-refractivity contribution in [2.24, 2.45) is 0 Å². The molecule has 3 N–H and O–H groups in total.